The summed E-state index contributed by atoms with van der Waals surface area (Å²) in [5, 5.41) is 10.3. The molecule has 3 aromatic rings. The maximum Gasteiger partial charge on any atom is 0.330 e. The lowest BCUT2D eigenvalue weighted by Gasteiger charge is -2.18. The molecule has 0 fully saturated rings. The topological polar surface area (TPSA) is 78.4 Å². The summed E-state index contributed by atoms with van der Waals surface area (Å²) in [6.45, 7) is 1.91. The Balaban J connectivity index is 2.45. The van der Waals surface area contributed by atoms with Crippen LogP contribution in [0.3, 0.4) is 0 Å². The van der Waals surface area contributed by atoms with E-state index in [2.05, 4.69) is 0 Å². The SMILES string of the molecule is CC[C@H](CO)n1cc2c(c1-c1ccc(OC)cc1)c(=O)n(C)c(=O)n2C. The Morgan fingerprint density at radius 3 is 2.31 bits per heavy atom. The molecule has 1 aromatic carbocycles. The van der Waals surface area contributed by atoms with Crippen molar-refractivity contribution in [1.29, 1.82) is 0 Å². The summed E-state index contributed by atoms with van der Waals surface area (Å²) < 4.78 is 9.68. The molecule has 26 heavy (non-hydrogen) atoms. The van der Waals surface area contributed by atoms with Gasteiger partial charge in [0.25, 0.3) is 5.56 Å². The van der Waals surface area contributed by atoms with Crippen LogP contribution in [0.1, 0.15) is 19.4 Å². The maximum atomic E-state index is 12.9. The molecule has 3 rings (SSSR count). The number of aliphatic hydroxyl groups is 1. The van der Waals surface area contributed by atoms with Crippen molar-refractivity contribution in [3.05, 3.63) is 51.3 Å². The van der Waals surface area contributed by atoms with E-state index in [9.17, 15) is 14.7 Å². The lowest BCUT2D eigenvalue weighted by molar-refractivity contribution is 0.226. The number of ether oxygens (including phenoxy) is 1. The van der Waals surface area contributed by atoms with Gasteiger partial charge in [0.05, 0.1) is 36.4 Å². The molecule has 0 saturated carbocycles. The minimum absolute atomic E-state index is 0.0606. The summed E-state index contributed by atoms with van der Waals surface area (Å²) >= 11 is 0. The number of methoxy groups -OCH3 is 1. The highest BCUT2D eigenvalue weighted by molar-refractivity contribution is 5.93. The molecule has 7 heteroatoms. The number of fused-ring (bicyclic) bond motifs is 1. The lowest BCUT2D eigenvalue weighted by atomic mass is 10.1. The van der Waals surface area contributed by atoms with Crippen LogP contribution in [0.15, 0.2) is 40.1 Å². The number of hydrogen-bond donors (Lipinski definition) is 1. The summed E-state index contributed by atoms with van der Waals surface area (Å²) in [6, 6.07) is 7.20. The number of rotatable bonds is 5. The molecule has 138 valence electrons. The minimum Gasteiger partial charge on any atom is -0.497 e. The Morgan fingerprint density at radius 2 is 1.77 bits per heavy atom. The summed E-state index contributed by atoms with van der Waals surface area (Å²) in [5.74, 6) is 0.714. The molecular formula is C19H23N3O4. The van der Waals surface area contributed by atoms with Crippen LogP contribution in [0, 0.1) is 0 Å². The largest absolute Gasteiger partial charge is 0.497 e. The molecule has 0 amide bonds. The number of benzene rings is 1. The highest BCUT2D eigenvalue weighted by Gasteiger charge is 2.22. The van der Waals surface area contributed by atoms with E-state index in [1.54, 1.807) is 20.4 Å². The monoisotopic (exact) mass is 357 g/mol. The van der Waals surface area contributed by atoms with Crippen LogP contribution in [0.4, 0.5) is 0 Å². The van der Waals surface area contributed by atoms with E-state index < -0.39 is 0 Å². The highest BCUT2D eigenvalue weighted by Crippen LogP contribution is 2.32. The molecule has 0 aliphatic carbocycles. The van der Waals surface area contributed by atoms with Crippen molar-refractivity contribution in [2.24, 2.45) is 14.1 Å². The standard InChI is InChI=1S/C19H23N3O4/c1-5-13(11-23)22-10-15-16(18(24)21(3)19(25)20(15)2)17(22)12-6-8-14(26-4)9-7-12/h6-10,13,23H,5,11H2,1-4H3/t13-/m1/s1. The fourth-order valence-electron chi connectivity index (χ4n) is 3.30. The molecule has 2 heterocycles. The summed E-state index contributed by atoms with van der Waals surface area (Å²) in [5.41, 5.74) is 1.34. The van der Waals surface area contributed by atoms with E-state index in [-0.39, 0.29) is 23.9 Å². The van der Waals surface area contributed by atoms with Gasteiger partial charge in [-0.15, -0.1) is 0 Å². The van der Waals surface area contributed by atoms with E-state index in [0.717, 1.165) is 10.1 Å². The molecule has 0 aliphatic heterocycles. The lowest BCUT2D eigenvalue weighted by Crippen LogP contribution is -2.36. The first-order valence-electron chi connectivity index (χ1n) is 8.50. The third-order valence-corrected chi connectivity index (χ3v) is 4.91. The zero-order valence-corrected chi connectivity index (χ0v) is 15.4. The van der Waals surface area contributed by atoms with Gasteiger partial charge in [0, 0.05) is 20.3 Å². The number of nitrogens with zero attached hydrogens (tertiary/aromatic N) is 3. The van der Waals surface area contributed by atoms with Crippen LogP contribution in [-0.4, -0.2) is 32.5 Å². The van der Waals surface area contributed by atoms with Gasteiger partial charge in [-0.1, -0.05) is 6.92 Å². The van der Waals surface area contributed by atoms with Gasteiger partial charge >= 0.3 is 5.69 Å². The van der Waals surface area contributed by atoms with E-state index in [1.807, 2.05) is 35.8 Å². The third-order valence-electron chi connectivity index (χ3n) is 4.91. The van der Waals surface area contributed by atoms with Crippen molar-refractivity contribution < 1.29 is 9.84 Å². The fraction of sp³-hybridized carbons (Fsp3) is 0.368. The van der Waals surface area contributed by atoms with Gasteiger partial charge in [-0.2, -0.15) is 0 Å². The fourth-order valence-corrected chi connectivity index (χ4v) is 3.30. The Bertz CT molecular complexity index is 1050. The van der Waals surface area contributed by atoms with Gasteiger partial charge in [0.2, 0.25) is 0 Å². The second-order valence-electron chi connectivity index (χ2n) is 6.32. The summed E-state index contributed by atoms with van der Waals surface area (Å²) in [6.07, 6.45) is 2.47. The molecule has 1 atom stereocenters. The number of hydrogen-bond acceptors (Lipinski definition) is 4. The Kier molecular flexibility index (Phi) is 4.73. The molecule has 0 spiro atoms. The number of aryl methyl sites for hydroxylation is 1. The molecule has 1 N–H and O–H groups in total. The van der Waals surface area contributed by atoms with Crippen molar-refractivity contribution >= 4 is 10.9 Å². The van der Waals surface area contributed by atoms with Gasteiger partial charge < -0.3 is 14.4 Å². The molecular weight excluding hydrogens is 334 g/mol. The number of aliphatic hydroxyl groups excluding tert-OH is 1. The third kappa shape index (κ3) is 2.64. The molecule has 0 bridgehead atoms. The minimum atomic E-state index is -0.377. The summed E-state index contributed by atoms with van der Waals surface area (Å²) in [7, 11) is 4.71. The molecule has 0 saturated heterocycles. The molecule has 0 unspecified atom stereocenters. The van der Waals surface area contributed by atoms with Crippen LogP contribution in [0.25, 0.3) is 22.2 Å². The van der Waals surface area contributed by atoms with E-state index in [0.29, 0.717) is 28.8 Å². The summed E-state index contributed by atoms with van der Waals surface area (Å²) in [4.78, 5) is 25.2. The smallest absolute Gasteiger partial charge is 0.330 e. The first-order valence-corrected chi connectivity index (χ1v) is 8.50. The van der Waals surface area contributed by atoms with Gasteiger partial charge in [-0.3, -0.25) is 13.9 Å². The second-order valence-corrected chi connectivity index (χ2v) is 6.32. The van der Waals surface area contributed by atoms with Crippen LogP contribution < -0.4 is 16.0 Å². The van der Waals surface area contributed by atoms with Crippen molar-refractivity contribution in [3.63, 3.8) is 0 Å². The molecule has 2 aromatic heterocycles. The van der Waals surface area contributed by atoms with Crippen LogP contribution in [0.5, 0.6) is 5.75 Å². The van der Waals surface area contributed by atoms with E-state index >= 15 is 0 Å². The number of aromatic nitrogens is 3. The zero-order chi connectivity index (χ0) is 19.0. The van der Waals surface area contributed by atoms with Crippen molar-refractivity contribution in [3.8, 4) is 17.0 Å². The normalized spacial score (nSPS) is 12.5. The van der Waals surface area contributed by atoms with Crippen LogP contribution in [-0.2, 0) is 14.1 Å². The Labute approximate surface area is 150 Å². The molecule has 0 radical (unpaired) electrons. The van der Waals surface area contributed by atoms with E-state index in [4.69, 9.17) is 4.74 Å². The van der Waals surface area contributed by atoms with Crippen molar-refractivity contribution in [2.75, 3.05) is 13.7 Å². The first kappa shape index (κ1) is 18.0. The van der Waals surface area contributed by atoms with Crippen LogP contribution >= 0.6 is 0 Å². The maximum absolute atomic E-state index is 12.9. The predicted molar refractivity (Wildman–Crippen MR) is 101 cm³/mol. The van der Waals surface area contributed by atoms with Gasteiger partial charge in [-0.05, 0) is 36.2 Å². The van der Waals surface area contributed by atoms with Crippen LogP contribution in [0.2, 0.25) is 0 Å². The zero-order valence-electron chi connectivity index (χ0n) is 15.4. The van der Waals surface area contributed by atoms with Gasteiger partial charge in [-0.25, -0.2) is 4.79 Å². The van der Waals surface area contributed by atoms with Crippen molar-refractivity contribution in [2.45, 2.75) is 19.4 Å². The van der Waals surface area contributed by atoms with Gasteiger partial charge in [0.1, 0.15) is 5.75 Å². The first-order chi connectivity index (χ1) is 12.4. The molecule has 7 nitrogen and oxygen atoms in total. The van der Waals surface area contributed by atoms with Gasteiger partial charge in [0.15, 0.2) is 0 Å². The average molecular weight is 357 g/mol. The Hall–Kier alpha value is -2.80. The second kappa shape index (κ2) is 6.84. The molecule has 0 aliphatic rings. The average Bonchev–Trinajstić information content (AvgIpc) is 3.06. The predicted octanol–water partition coefficient (Wildman–Crippen LogP) is 1.66. The van der Waals surface area contributed by atoms with E-state index in [1.165, 1.54) is 11.6 Å². The highest BCUT2D eigenvalue weighted by atomic mass is 16.5. The quantitative estimate of drug-likeness (QED) is 0.753. The van der Waals surface area contributed by atoms with Crippen molar-refractivity contribution in [1.82, 2.24) is 13.7 Å². The Morgan fingerprint density at radius 1 is 1.12 bits per heavy atom.